The van der Waals surface area contributed by atoms with Crippen LogP contribution in [0.1, 0.15) is 66.1 Å². The number of hydrogen-bond donors (Lipinski definition) is 6. The number of carbonyl (C=O) groups is 1. The molecule has 0 amide bonds. The van der Waals surface area contributed by atoms with E-state index in [0.717, 1.165) is 22.8 Å². The van der Waals surface area contributed by atoms with E-state index in [9.17, 15) is 30.3 Å². The van der Waals surface area contributed by atoms with Crippen LogP contribution in [0, 0.1) is 35.0 Å². The summed E-state index contributed by atoms with van der Waals surface area (Å²) in [5, 5.41) is 62.7. The normalized spacial score (nSPS) is 30.1. The molecule has 1 aromatic rings. The van der Waals surface area contributed by atoms with Gasteiger partial charge in [0.15, 0.2) is 0 Å². The number of allylic oxidation sites excluding steroid dienone is 8. The molecule has 0 aromatic heterocycles. The van der Waals surface area contributed by atoms with Crippen LogP contribution in [-0.2, 0) is 4.79 Å². The van der Waals surface area contributed by atoms with Gasteiger partial charge >= 0.3 is 5.97 Å². The Labute approximate surface area is 262 Å². The summed E-state index contributed by atoms with van der Waals surface area (Å²) < 4.78 is 0. The van der Waals surface area contributed by atoms with E-state index in [1.807, 2.05) is 19.1 Å². The Kier molecular flexibility index (Phi) is 11.8. The van der Waals surface area contributed by atoms with Gasteiger partial charge in [0.1, 0.15) is 5.75 Å². The van der Waals surface area contributed by atoms with Crippen LogP contribution in [0.5, 0.6) is 5.75 Å². The van der Waals surface area contributed by atoms with E-state index >= 15 is 0 Å². The third-order valence-corrected chi connectivity index (χ3v) is 9.49. The van der Waals surface area contributed by atoms with Crippen molar-refractivity contribution in [2.75, 3.05) is 0 Å². The maximum atomic E-state index is 11.8. The van der Waals surface area contributed by atoms with Gasteiger partial charge in [-0.3, -0.25) is 0 Å². The molecule has 1 saturated carbocycles. The number of aromatic hydroxyl groups is 1. The van der Waals surface area contributed by atoms with E-state index in [-0.39, 0.29) is 34.8 Å². The van der Waals surface area contributed by atoms with E-state index in [1.165, 1.54) is 6.08 Å². The average Bonchev–Trinajstić information content (AvgIpc) is 3.14. The number of aliphatic hydroxyl groups excluding tert-OH is 3. The molecule has 0 saturated heterocycles. The van der Waals surface area contributed by atoms with E-state index in [1.54, 1.807) is 62.4 Å². The van der Waals surface area contributed by atoms with Gasteiger partial charge in [0.05, 0.1) is 23.9 Å². The highest BCUT2D eigenvalue weighted by Crippen LogP contribution is 2.62. The summed E-state index contributed by atoms with van der Waals surface area (Å²) in [6.07, 6.45) is 15.9. The lowest BCUT2D eigenvalue weighted by Gasteiger charge is -2.46. The van der Waals surface area contributed by atoms with Crippen LogP contribution in [-0.4, -0.2) is 54.4 Å². The SMILES string of the molecule is CC1=CC2C(C(C(O)c3ccc(O)cc3)C1\C=C/C=C/C=C\C(O)C(C)C(O)C/C=C(C)/C=C/C(=O)O)C(C)(C)CC2(C)O. The molecule has 7 nitrogen and oxygen atoms in total. The third-order valence-electron chi connectivity index (χ3n) is 9.49. The Hall–Kier alpha value is -3.23. The zero-order valence-electron chi connectivity index (χ0n) is 26.7. The van der Waals surface area contributed by atoms with Crippen LogP contribution < -0.4 is 0 Å². The van der Waals surface area contributed by atoms with E-state index in [0.29, 0.717) is 12.8 Å². The first kappa shape index (κ1) is 35.3. The molecule has 0 aliphatic heterocycles. The maximum Gasteiger partial charge on any atom is 0.328 e. The summed E-state index contributed by atoms with van der Waals surface area (Å²) in [5.74, 6) is -1.66. The summed E-state index contributed by atoms with van der Waals surface area (Å²) in [7, 11) is 0. The Bertz CT molecular complexity index is 1310. The summed E-state index contributed by atoms with van der Waals surface area (Å²) in [5.41, 5.74) is 1.46. The Morgan fingerprint density at radius 3 is 2.30 bits per heavy atom. The standard InChI is InChI=1S/C37H50O7/c1-23(14-20-32(41)42)13-19-31(40)25(3)30(39)12-10-8-7-9-11-28-24(2)21-29-34(36(4,5)22-37(29,6)44)33(28)35(43)26-15-17-27(38)18-16-26/h7-18,20-21,25,28-31,33-35,38-40,43-44H,19,22H2,1-6H3,(H,41,42)/b8-7+,11-9-,12-10-,20-14+,23-13+. The Morgan fingerprint density at radius 1 is 1.02 bits per heavy atom. The fourth-order valence-corrected chi connectivity index (χ4v) is 7.25. The quantitative estimate of drug-likeness (QED) is 0.0970. The van der Waals surface area contributed by atoms with Gasteiger partial charge in [-0.15, -0.1) is 0 Å². The Morgan fingerprint density at radius 2 is 1.66 bits per heavy atom. The molecule has 1 aromatic carbocycles. The maximum absolute atomic E-state index is 11.8. The molecule has 6 N–H and O–H groups in total. The van der Waals surface area contributed by atoms with Gasteiger partial charge in [-0.1, -0.05) is 98.7 Å². The number of phenolic OH excluding ortho intramolecular Hbond substituents is 1. The third kappa shape index (κ3) is 8.69. The average molecular weight is 607 g/mol. The molecule has 44 heavy (non-hydrogen) atoms. The number of aliphatic hydroxyl groups is 4. The van der Waals surface area contributed by atoms with Crippen LogP contribution in [0.15, 0.2) is 96.2 Å². The molecule has 0 heterocycles. The van der Waals surface area contributed by atoms with E-state index in [2.05, 4.69) is 32.9 Å². The zero-order chi connectivity index (χ0) is 32.8. The van der Waals surface area contributed by atoms with Crippen molar-refractivity contribution in [1.29, 1.82) is 0 Å². The second-order valence-electron chi connectivity index (χ2n) is 13.6. The lowest BCUT2D eigenvalue weighted by Crippen LogP contribution is -2.43. The molecular weight excluding hydrogens is 556 g/mol. The number of rotatable bonds is 12. The minimum Gasteiger partial charge on any atom is -0.508 e. The van der Waals surface area contributed by atoms with Crippen LogP contribution in [0.25, 0.3) is 0 Å². The first-order valence-corrected chi connectivity index (χ1v) is 15.4. The second-order valence-corrected chi connectivity index (χ2v) is 13.6. The first-order chi connectivity index (χ1) is 20.5. The molecule has 3 rings (SSSR count). The smallest absolute Gasteiger partial charge is 0.328 e. The molecule has 0 spiro atoms. The van der Waals surface area contributed by atoms with E-state index in [4.69, 9.17) is 5.11 Å². The minimum absolute atomic E-state index is 0.0263. The van der Waals surface area contributed by atoms with Gasteiger partial charge in [0.25, 0.3) is 0 Å². The molecule has 1 fully saturated rings. The van der Waals surface area contributed by atoms with Crippen LogP contribution in [0.2, 0.25) is 0 Å². The highest BCUT2D eigenvalue weighted by atomic mass is 16.4. The number of aliphatic carboxylic acids is 1. The van der Waals surface area contributed by atoms with Crippen molar-refractivity contribution in [3.63, 3.8) is 0 Å². The molecule has 2 aliphatic carbocycles. The predicted molar refractivity (Wildman–Crippen MR) is 174 cm³/mol. The molecule has 0 radical (unpaired) electrons. The lowest BCUT2D eigenvalue weighted by molar-refractivity contribution is -0.131. The molecule has 240 valence electrons. The fourth-order valence-electron chi connectivity index (χ4n) is 7.25. The fraction of sp³-hybridized carbons (Fsp3) is 0.486. The van der Waals surface area contributed by atoms with Crippen molar-refractivity contribution in [2.45, 2.75) is 78.3 Å². The van der Waals surface area contributed by atoms with E-state index < -0.39 is 35.8 Å². The van der Waals surface area contributed by atoms with Crippen LogP contribution >= 0.6 is 0 Å². The molecule has 7 heteroatoms. The number of carboxylic acids is 1. The number of carboxylic acid groups (broad SMARTS) is 1. The number of fused-ring (bicyclic) bond motifs is 1. The van der Waals surface area contributed by atoms with Crippen molar-refractivity contribution in [3.8, 4) is 5.75 Å². The number of phenols is 1. The first-order valence-electron chi connectivity index (χ1n) is 15.4. The summed E-state index contributed by atoms with van der Waals surface area (Å²) in [4.78, 5) is 10.6. The summed E-state index contributed by atoms with van der Waals surface area (Å²) in [6, 6.07) is 6.68. The monoisotopic (exact) mass is 606 g/mol. The van der Waals surface area contributed by atoms with Crippen molar-refractivity contribution >= 4 is 5.97 Å². The highest BCUT2D eigenvalue weighted by molar-refractivity contribution is 5.80. The molecule has 0 bridgehead atoms. The van der Waals surface area contributed by atoms with Crippen molar-refractivity contribution in [3.05, 3.63) is 102 Å². The highest BCUT2D eigenvalue weighted by Gasteiger charge is 2.59. The minimum atomic E-state index is -1.03. The van der Waals surface area contributed by atoms with Crippen LogP contribution in [0.3, 0.4) is 0 Å². The van der Waals surface area contributed by atoms with Gasteiger partial charge in [0.2, 0.25) is 0 Å². The van der Waals surface area contributed by atoms with Crippen LogP contribution in [0.4, 0.5) is 0 Å². The zero-order valence-corrected chi connectivity index (χ0v) is 26.7. The predicted octanol–water partition coefficient (Wildman–Crippen LogP) is 6.03. The van der Waals surface area contributed by atoms with Crippen molar-refractivity contribution < 1.29 is 35.4 Å². The van der Waals surface area contributed by atoms with Gasteiger partial charge < -0.3 is 30.6 Å². The van der Waals surface area contributed by atoms with Gasteiger partial charge in [-0.05, 0) is 62.6 Å². The Balaban J connectivity index is 1.74. The summed E-state index contributed by atoms with van der Waals surface area (Å²) >= 11 is 0. The van der Waals surface area contributed by atoms with Gasteiger partial charge in [-0.25, -0.2) is 4.79 Å². The number of hydrogen-bond acceptors (Lipinski definition) is 6. The molecule has 9 atom stereocenters. The topological polar surface area (TPSA) is 138 Å². The number of benzene rings is 1. The van der Waals surface area contributed by atoms with Crippen molar-refractivity contribution in [1.82, 2.24) is 0 Å². The second kappa shape index (κ2) is 14.7. The lowest BCUT2D eigenvalue weighted by atomic mass is 9.59. The largest absolute Gasteiger partial charge is 0.508 e. The summed E-state index contributed by atoms with van der Waals surface area (Å²) in [6.45, 7) is 11.8. The van der Waals surface area contributed by atoms with Gasteiger partial charge in [0, 0.05) is 29.7 Å². The molecule has 2 aliphatic rings. The van der Waals surface area contributed by atoms with Gasteiger partial charge in [-0.2, -0.15) is 0 Å². The van der Waals surface area contributed by atoms with Crippen molar-refractivity contribution in [2.24, 2.45) is 35.0 Å². The molecular formula is C37H50O7. The molecule has 9 unspecified atom stereocenters.